The molecule has 1 aliphatic heterocycles. The first-order chi connectivity index (χ1) is 9.94. The highest BCUT2D eigenvalue weighted by Crippen LogP contribution is 2.21. The quantitative estimate of drug-likeness (QED) is 0.927. The summed E-state index contributed by atoms with van der Waals surface area (Å²) in [5.74, 6) is 0.176. The van der Waals surface area contributed by atoms with Gasteiger partial charge in [-0.05, 0) is 38.6 Å². The SMILES string of the molecule is CCNC(C)(C)C(=O)N1CCN(c2cccc(Cl)c2)CC1. The third-order valence-electron chi connectivity index (χ3n) is 3.89. The number of carbonyl (C=O) groups is 1. The molecule has 0 radical (unpaired) electrons. The van der Waals surface area contributed by atoms with E-state index in [0.29, 0.717) is 0 Å². The summed E-state index contributed by atoms with van der Waals surface area (Å²) in [6.07, 6.45) is 0. The normalized spacial score (nSPS) is 16.2. The number of carbonyl (C=O) groups excluding carboxylic acids is 1. The van der Waals surface area contributed by atoms with E-state index >= 15 is 0 Å². The number of amides is 1. The van der Waals surface area contributed by atoms with Crippen molar-refractivity contribution in [1.29, 1.82) is 0 Å². The van der Waals surface area contributed by atoms with E-state index in [1.807, 2.05) is 43.9 Å². The van der Waals surface area contributed by atoms with E-state index in [1.165, 1.54) is 0 Å². The molecule has 1 N–H and O–H groups in total. The summed E-state index contributed by atoms with van der Waals surface area (Å²) in [7, 11) is 0. The summed E-state index contributed by atoms with van der Waals surface area (Å²) in [5.41, 5.74) is 0.632. The maximum Gasteiger partial charge on any atom is 0.242 e. The first-order valence-electron chi connectivity index (χ1n) is 7.49. The average Bonchev–Trinajstić information content (AvgIpc) is 2.46. The molecule has 0 spiro atoms. The standard InChI is InChI=1S/C16H24ClN3O/c1-4-18-16(2,3)15(21)20-10-8-19(9-11-20)14-7-5-6-13(17)12-14/h5-7,12,18H,4,8-11H2,1-3H3. The molecule has 0 unspecified atom stereocenters. The second kappa shape index (κ2) is 6.67. The van der Waals surface area contributed by atoms with Crippen molar-refractivity contribution in [3.05, 3.63) is 29.3 Å². The molecule has 2 rings (SSSR count). The molecular weight excluding hydrogens is 286 g/mol. The molecule has 1 amide bonds. The van der Waals surface area contributed by atoms with Gasteiger partial charge in [0, 0.05) is 36.9 Å². The zero-order chi connectivity index (χ0) is 15.5. The van der Waals surface area contributed by atoms with Crippen molar-refractivity contribution in [3.8, 4) is 0 Å². The van der Waals surface area contributed by atoms with Gasteiger partial charge in [0.15, 0.2) is 0 Å². The largest absolute Gasteiger partial charge is 0.368 e. The number of nitrogens with one attached hydrogen (secondary N) is 1. The van der Waals surface area contributed by atoms with Crippen LogP contribution in [0.1, 0.15) is 20.8 Å². The molecule has 1 aromatic carbocycles. The van der Waals surface area contributed by atoms with Crippen molar-refractivity contribution in [3.63, 3.8) is 0 Å². The molecule has 21 heavy (non-hydrogen) atoms. The number of likely N-dealkylation sites (N-methyl/N-ethyl adjacent to an activating group) is 1. The van der Waals surface area contributed by atoms with Gasteiger partial charge in [-0.25, -0.2) is 0 Å². The van der Waals surface area contributed by atoms with Crippen molar-refractivity contribution in [2.45, 2.75) is 26.3 Å². The van der Waals surface area contributed by atoms with Crippen molar-refractivity contribution >= 4 is 23.2 Å². The van der Waals surface area contributed by atoms with Gasteiger partial charge in [0.1, 0.15) is 0 Å². The number of hydrogen-bond acceptors (Lipinski definition) is 3. The smallest absolute Gasteiger partial charge is 0.242 e. The Morgan fingerprint density at radius 2 is 1.95 bits per heavy atom. The highest BCUT2D eigenvalue weighted by atomic mass is 35.5. The zero-order valence-corrected chi connectivity index (χ0v) is 13.8. The van der Waals surface area contributed by atoms with Crippen molar-refractivity contribution in [1.82, 2.24) is 10.2 Å². The lowest BCUT2D eigenvalue weighted by Gasteiger charge is -2.39. The van der Waals surface area contributed by atoms with Crippen LogP contribution in [0.3, 0.4) is 0 Å². The van der Waals surface area contributed by atoms with Gasteiger partial charge in [0.2, 0.25) is 5.91 Å². The molecule has 1 fully saturated rings. The number of benzene rings is 1. The second-order valence-electron chi connectivity index (χ2n) is 5.91. The van der Waals surface area contributed by atoms with Crippen LogP contribution in [0.15, 0.2) is 24.3 Å². The van der Waals surface area contributed by atoms with Gasteiger partial charge >= 0.3 is 0 Å². The summed E-state index contributed by atoms with van der Waals surface area (Å²) in [6, 6.07) is 7.88. The molecule has 0 saturated carbocycles. The van der Waals surface area contributed by atoms with Gasteiger partial charge in [0.25, 0.3) is 0 Å². The van der Waals surface area contributed by atoms with Gasteiger partial charge in [-0.3, -0.25) is 4.79 Å². The summed E-state index contributed by atoms with van der Waals surface area (Å²) < 4.78 is 0. The Morgan fingerprint density at radius 1 is 1.29 bits per heavy atom. The van der Waals surface area contributed by atoms with Crippen LogP contribution in [0.4, 0.5) is 5.69 Å². The highest BCUT2D eigenvalue weighted by molar-refractivity contribution is 6.30. The van der Waals surface area contributed by atoms with Crippen LogP contribution in [0, 0.1) is 0 Å². The third-order valence-corrected chi connectivity index (χ3v) is 4.13. The predicted octanol–water partition coefficient (Wildman–Crippen LogP) is 2.38. The fourth-order valence-electron chi connectivity index (χ4n) is 2.75. The maximum absolute atomic E-state index is 12.5. The van der Waals surface area contributed by atoms with Gasteiger partial charge in [0.05, 0.1) is 5.54 Å². The Labute approximate surface area is 132 Å². The Balaban J connectivity index is 1.96. The predicted molar refractivity (Wildman–Crippen MR) is 88.0 cm³/mol. The Bertz CT molecular complexity index is 496. The van der Waals surface area contributed by atoms with Gasteiger partial charge < -0.3 is 15.1 Å². The van der Waals surface area contributed by atoms with Crippen LogP contribution in [0.25, 0.3) is 0 Å². The Morgan fingerprint density at radius 3 is 2.52 bits per heavy atom. The lowest BCUT2D eigenvalue weighted by Crippen LogP contribution is -2.58. The monoisotopic (exact) mass is 309 g/mol. The Hall–Kier alpha value is -1.26. The molecule has 1 saturated heterocycles. The van der Waals surface area contributed by atoms with Crippen LogP contribution in [-0.2, 0) is 4.79 Å². The summed E-state index contributed by atoms with van der Waals surface area (Å²) in [4.78, 5) is 16.8. The molecule has 116 valence electrons. The molecule has 0 atom stereocenters. The second-order valence-corrected chi connectivity index (χ2v) is 6.35. The number of hydrogen-bond donors (Lipinski definition) is 1. The number of rotatable bonds is 4. The molecule has 1 aliphatic rings. The van der Waals surface area contributed by atoms with Crippen molar-refractivity contribution in [2.24, 2.45) is 0 Å². The molecule has 1 heterocycles. The summed E-state index contributed by atoms with van der Waals surface area (Å²) in [5, 5.41) is 4.00. The first kappa shape index (κ1) is 16.1. The topological polar surface area (TPSA) is 35.6 Å². The van der Waals surface area contributed by atoms with E-state index in [9.17, 15) is 4.79 Å². The van der Waals surface area contributed by atoms with Crippen LogP contribution in [0.5, 0.6) is 0 Å². The maximum atomic E-state index is 12.5. The van der Waals surface area contributed by atoms with Crippen LogP contribution < -0.4 is 10.2 Å². The average molecular weight is 310 g/mol. The molecule has 0 bridgehead atoms. The number of piperazine rings is 1. The molecule has 1 aromatic rings. The van der Waals surface area contributed by atoms with Crippen molar-refractivity contribution < 1.29 is 4.79 Å². The van der Waals surface area contributed by atoms with Crippen molar-refractivity contribution in [2.75, 3.05) is 37.6 Å². The van der Waals surface area contributed by atoms with Crippen LogP contribution >= 0.6 is 11.6 Å². The van der Waals surface area contributed by atoms with Gasteiger partial charge in [-0.2, -0.15) is 0 Å². The van der Waals surface area contributed by atoms with Crippen LogP contribution in [0.2, 0.25) is 5.02 Å². The molecule has 4 nitrogen and oxygen atoms in total. The number of halogens is 1. The van der Waals surface area contributed by atoms with E-state index in [1.54, 1.807) is 0 Å². The first-order valence-corrected chi connectivity index (χ1v) is 7.87. The van der Waals surface area contributed by atoms with E-state index in [2.05, 4.69) is 16.3 Å². The van der Waals surface area contributed by atoms with E-state index in [-0.39, 0.29) is 5.91 Å². The summed E-state index contributed by atoms with van der Waals surface area (Å²) >= 11 is 6.04. The lowest BCUT2D eigenvalue weighted by atomic mass is 10.0. The number of nitrogens with zero attached hydrogens (tertiary/aromatic N) is 2. The van der Waals surface area contributed by atoms with E-state index in [4.69, 9.17) is 11.6 Å². The van der Waals surface area contributed by atoms with Gasteiger partial charge in [-0.15, -0.1) is 0 Å². The fraction of sp³-hybridized carbons (Fsp3) is 0.562. The number of anilines is 1. The molecule has 0 aromatic heterocycles. The minimum Gasteiger partial charge on any atom is -0.368 e. The fourth-order valence-corrected chi connectivity index (χ4v) is 2.94. The van der Waals surface area contributed by atoms with Gasteiger partial charge in [-0.1, -0.05) is 24.6 Å². The lowest BCUT2D eigenvalue weighted by molar-refractivity contribution is -0.137. The van der Waals surface area contributed by atoms with E-state index < -0.39 is 5.54 Å². The van der Waals surface area contributed by atoms with Crippen LogP contribution in [-0.4, -0.2) is 49.1 Å². The third kappa shape index (κ3) is 3.89. The molecule has 0 aliphatic carbocycles. The molecule has 5 heteroatoms. The zero-order valence-electron chi connectivity index (χ0n) is 13.0. The highest BCUT2D eigenvalue weighted by Gasteiger charge is 2.32. The molecular formula is C16H24ClN3O. The van der Waals surface area contributed by atoms with E-state index in [0.717, 1.165) is 43.4 Å². The summed E-state index contributed by atoms with van der Waals surface area (Å²) in [6.45, 7) is 9.89. The minimum atomic E-state index is -0.493. The minimum absolute atomic E-state index is 0.176. The Kier molecular flexibility index (Phi) is 5.12.